The molecule has 2 amide bonds. The van der Waals surface area contributed by atoms with Crippen molar-refractivity contribution in [2.75, 3.05) is 13.1 Å². The monoisotopic (exact) mass is 337 g/mol. The van der Waals surface area contributed by atoms with E-state index in [1.54, 1.807) is 6.92 Å². The molecule has 3 N–H and O–H groups in total. The molecule has 1 saturated carbocycles. The minimum atomic E-state index is -3.86. The number of fused-ring (bicyclic) bond motifs is 1. The smallest absolute Gasteiger partial charge is 0.268 e. The molecule has 1 unspecified atom stereocenters. The molecule has 7 nitrogen and oxygen atoms in total. The molecular weight excluding hydrogens is 318 g/mol. The molecular formula is C15H19N3O4S. The summed E-state index contributed by atoms with van der Waals surface area (Å²) in [6, 6.07) is 4.05. The van der Waals surface area contributed by atoms with E-state index in [0.29, 0.717) is 12.5 Å². The van der Waals surface area contributed by atoms with Gasteiger partial charge in [-0.1, -0.05) is 0 Å². The zero-order valence-electron chi connectivity index (χ0n) is 12.8. The molecule has 1 fully saturated rings. The van der Waals surface area contributed by atoms with Gasteiger partial charge in [-0.2, -0.15) is 0 Å². The molecule has 0 saturated heterocycles. The first-order valence-electron chi connectivity index (χ1n) is 7.62. The predicted molar refractivity (Wildman–Crippen MR) is 83.4 cm³/mol. The second-order valence-electron chi connectivity index (χ2n) is 5.84. The summed E-state index contributed by atoms with van der Waals surface area (Å²) < 4.78 is 25.5. The summed E-state index contributed by atoms with van der Waals surface area (Å²) >= 11 is 0. The summed E-state index contributed by atoms with van der Waals surface area (Å²) in [5, 5.41) is 2.84. The largest absolute Gasteiger partial charge is 0.348 e. The fraction of sp³-hybridized carbons (Fsp3) is 0.467. The van der Waals surface area contributed by atoms with Gasteiger partial charge in [0.1, 0.15) is 4.90 Å². The summed E-state index contributed by atoms with van der Waals surface area (Å²) in [5.74, 6) is -0.515. The molecule has 3 rings (SSSR count). The number of carbonyl (C=O) groups is 2. The summed E-state index contributed by atoms with van der Waals surface area (Å²) in [6.45, 7) is 2.01. The SMILES string of the molecule is CCN1C(=O)c2ccc(C(=O)NC(CN)C3CC3)cc2S1(=O)=O. The van der Waals surface area contributed by atoms with Crippen molar-refractivity contribution in [1.29, 1.82) is 0 Å². The fourth-order valence-electron chi connectivity index (χ4n) is 2.85. The highest BCUT2D eigenvalue weighted by molar-refractivity contribution is 7.90. The van der Waals surface area contributed by atoms with Gasteiger partial charge in [0.2, 0.25) is 0 Å². The highest BCUT2D eigenvalue weighted by Crippen LogP contribution is 2.33. The maximum atomic E-state index is 12.4. The van der Waals surface area contributed by atoms with Crippen LogP contribution in [0.5, 0.6) is 0 Å². The number of nitrogens with two attached hydrogens (primary N) is 1. The van der Waals surface area contributed by atoms with E-state index < -0.39 is 15.9 Å². The molecule has 0 bridgehead atoms. The van der Waals surface area contributed by atoms with Crippen molar-refractivity contribution in [3.8, 4) is 0 Å². The van der Waals surface area contributed by atoms with E-state index in [4.69, 9.17) is 5.73 Å². The van der Waals surface area contributed by atoms with Gasteiger partial charge in [-0.05, 0) is 43.9 Å². The van der Waals surface area contributed by atoms with Crippen LogP contribution in [0.1, 0.15) is 40.5 Å². The van der Waals surface area contributed by atoms with E-state index >= 15 is 0 Å². The molecule has 0 aromatic heterocycles. The molecule has 1 aromatic carbocycles. The maximum Gasteiger partial charge on any atom is 0.268 e. The first-order chi connectivity index (χ1) is 10.9. The first kappa shape index (κ1) is 15.9. The Morgan fingerprint density at radius 2 is 2.13 bits per heavy atom. The van der Waals surface area contributed by atoms with Crippen LogP contribution in [0, 0.1) is 5.92 Å². The second-order valence-corrected chi connectivity index (χ2v) is 7.67. The van der Waals surface area contributed by atoms with E-state index in [0.717, 1.165) is 17.1 Å². The highest BCUT2D eigenvalue weighted by Gasteiger charge is 2.40. The Kier molecular flexibility index (Phi) is 3.89. The normalized spacial score (nSPS) is 20.3. The van der Waals surface area contributed by atoms with Crippen molar-refractivity contribution >= 4 is 21.8 Å². The summed E-state index contributed by atoms with van der Waals surface area (Å²) in [7, 11) is -3.86. The Hall–Kier alpha value is -1.93. The lowest BCUT2D eigenvalue weighted by Gasteiger charge is -2.16. The van der Waals surface area contributed by atoms with E-state index in [-0.39, 0.29) is 34.5 Å². The van der Waals surface area contributed by atoms with Crippen LogP contribution in [0.25, 0.3) is 0 Å². The molecule has 1 atom stereocenters. The number of nitrogens with one attached hydrogen (secondary N) is 1. The van der Waals surface area contributed by atoms with Crippen LogP contribution in [0.2, 0.25) is 0 Å². The molecule has 0 radical (unpaired) electrons. The van der Waals surface area contributed by atoms with Crippen LogP contribution in [0.4, 0.5) is 0 Å². The van der Waals surface area contributed by atoms with Gasteiger partial charge in [0.05, 0.1) is 5.56 Å². The number of rotatable bonds is 5. The summed E-state index contributed by atoms with van der Waals surface area (Å²) in [5.41, 5.74) is 6.00. The lowest BCUT2D eigenvalue weighted by atomic mass is 10.1. The number of carbonyl (C=O) groups excluding carboxylic acids is 2. The minimum Gasteiger partial charge on any atom is -0.348 e. The molecule has 23 heavy (non-hydrogen) atoms. The summed E-state index contributed by atoms with van der Waals surface area (Å²) in [6.07, 6.45) is 2.08. The minimum absolute atomic E-state index is 0.0638. The second kappa shape index (κ2) is 5.61. The van der Waals surface area contributed by atoms with Crippen molar-refractivity contribution in [2.45, 2.75) is 30.7 Å². The molecule has 0 spiro atoms. The Labute approximate surface area is 134 Å². The molecule has 124 valence electrons. The van der Waals surface area contributed by atoms with Gasteiger partial charge >= 0.3 is 0 Å². The molecule has 1 aliphatic carbocycles. The number of hydrogen-bond acceptors (Lipinski definition) is 5. The van der Waals surface area contributed by atoms with Gasteiger partial charge in [-0.15, -0.1) is 0 Å². The lowest BCUT2D eigenvalue weighted by molar-refractivity contribution is 0.0873. The van der Waals surface area contributed by atoms with E-state index in [1.807, 2.05) is 0 Å². The fourth-order valence-corrected chi connectivity index (χ4v) is 4.45. The number of benzene rings is 1. The summed E-state index contributed by atoms with van der Waals surface area (Å²) in [4.78, 5) is 24.3. The third-order valence-corrected chi connectivity index (χ3v) is 6.22. The number of hydrogen-bond donors (Lipinski definition) is 2. The van der Waals surface area contributed by atoms with E-state index in [9.17, 15) is 18.0 Å². The topological polar surface area (TPSA) is 110 Å². The first-order valence-corrected chi connectivity index (χ1v) is 9.06. The van der Waals surface area contributed by atoms with Gasteiger partial charge in [-0.3, -0.25) is 9.59 Å². The van der Waals surface area contributed by atoms with Crippen LogP contribution in [0.3, 0.4) is 0 Å². The average Bonchev–Trinajstić information content (AvgIpc) is 3.34. The van der Waals surface area contributed by atoms with Crippen LogP contribution >= 0.6 is 0 Å². The van der Waals surface area contributed by atoms with E-state index in [1.165, 1.54) is 18.2 Å². The predicted octanol–water partition coefficient (Wildman–Crippen LogP) is 0.318. The Balaban J connectivity index is 1.90. The van der Waals surface area contributed by atoms with Crippen LogP contribution in [0.15, 0.2) is 23.1 Å². The molecule has 1 aromatic rings. The average molecular weight is 337 g/mol. The van der Waals surface area contributed by atoms with Gasteiger partial charge in [-0.25, -0.2) is 12.7 Å². The molecule has 2 aliphatic rings. The van der Waals surface area contributed by atoms with Gasteiger partial charge in [0, 0.05) is 24.7 Å². The van der Waals surface area contributed by atoms with Crippen molar-refractivity contribution in [2.24, 2.45) is 11.7 Å². The Bertz CT molecular complexity index is 771. The van der Waals surface area contributed by atoms with Gasteiger partial charge < -0.3 is 11.1 Å². The standard InChI is InChI=1S/C15H19N3O4S/c1-2-18-15(20)11-6-5-10(7-13(11)23(18,21)22)14(19)17-12(8-16)9-3-4-9/h5-7,9,12H,2-4,8,16H2,1H3,(H,17,19). The zero-order chi connectivity index (χ0) is 16.8. The molecule has 1 aliphatic heterocycles. The number of amides is 2. The quantitative estimate of drug-likeness (QED) is 0.804. The Morgan fingerprint density at radius 3 is 2.70 bits per heavy atom. The Morgan fingerprint density at radius 1 is 1.43 bits per heavy atom. The molecule has 1 heterocycles. The third kappa shape index (κ3) is 2.61. The van der Waals surface area contributed by atoms with Gasteiger partial charge in [0.25, 0.3) is 21.8 Å². The van der Waals surface area contributed by atoms with Crippen LogP contribution in [-0.2, 0) is 10.0 Å². The third-order valence-electron chi connectivity index (χ3n) is 4.32. The van der Waals surface area contributed by atoms with Gasteiger partial charge in [0.15, 0.2) is 0 Å². The molecule has 8 heteroatoms. The zero-order valence-corrected chi connectivity index (χ0v) is 13.6. The lowest BCUT2D eigenvalue weighted by Crippen LogP contribution is -2.41. The van der Waals surface area contributed by atoms with Crippen molar-refractivity contribution in [1.82, 2.24) is 9.62 Å². The van der Waals surface area contributed by atoms with Crippen molar-refractivity contribution in [3.63, 3.8) is 0 Å². The highest BCUT2D eigenvalue weighted by atomic mass is 32.2. The number of sulfonamides is 1. The van der Waals surface area contributed by atoms with Crippen LogP contribution < -0.4 is 11.1 Å². The maximum absolute atomic E-state index is 12.4. The van der Waals surface area contributed by atoms with Crippen molar-refractivity contribution in [3.05, 3.63) is 29.3 Å². The van der Waals surface area contributed by atoms with Crippen molar-refractivity contribution < 1.29 is 18.0 Å². The van der Waals surface area contributed by atoms with Crippen LogP contribution in [-0.4, -0.2) is 43.7 Å². The van der Waals surface area contributed by atoms with E-state index in [2.05, 4.69) is 5.32 Å². The number of nitrogens with zero attached hydrogens (tertiary/aromatic N) is 1.